The molecule has 0 aliphatic heterocycles. The smallest absolute Gasteiger partial charge is 0.242 e. The molecule has 0 aromatic heterocycles. The van der Waals surface area contributed by atoms with E-state index < -0.39 is 33.6 Å². The van der Waals surface area contributed by atoms with E-state index in [4.69, 9.17) is 14.2 Å². The molecule has 1 amide bonds. The highest BCUT2D eigenvalue weighted by Gasteiger charge is 2.25. The van der Waals surface area contributed by atoms with Gasteiger partial charge in [-0.2, -0.15) is 4.72 Å². The Balaban J connectivity index is 1.85. The molecule has 0 spiro atoms. The van der Waals surface area contributed by atoms with Crippen molar-refractivity contribution in [1.29, 1.82) is 0 Å². The Labute approximate surface area is 208 Å². The molecule has 8 nitrogen and oxygen atoms in total. The maximum atomic E-state index is 14.2. The van der Waals surface area contributed by atoms with Crippen molar-refractivity contribution in [3.05, 3.63) is 77.4 Å². The van der Waals surface area contributed by atoms with E-state index >= 15 is 0 Å². The number of nitrogens with one attached hydrogen (secondary N) is 2. The zero-order valence-corrected chi connectivity index (χ0v) is 20.9. The number of methoxy groups -OCH3 is 3. The number of carbonyl (C=O) groups excluding carboxylic acids is 1. The van der Waals surface area contributed by atoms with Gasteiger partial charge in [-0.3, -0.25) is 4.79 Å². The molecule has 0 fully saturated rings. The standard InChI is InChI=1S/C25H26F2N2O6S/c1-15(29-36(31,32)17-11-12-21(33-2)23(14-17)35-4)25(30)28-24-16(7-5-10-22(24)34-3)13-18-19(26)8-6-9-20(18)27/h5-12,14-15,29H,13H2,1-4H3,(H,28,30)/t15-/m0/s1. The summed E-state index contributed by atoms with van der Waals surface area (Å²) in [4.78, 5) is 12.8. The van der Waals surface area contributed by atoms with E-state index in [9.17, 15) is 22.0 Å². The fourth-order valence-electron chi connectivity index (χ4n) is 3.50. The van der Waals surface area contributed by atoms with Gasteiger partial charge >= 0.3 is 0 Å². The Hall–Kier alpha value is -3.70. The second-order valence-electron chi connectivity index (χ2n) is 7.72. The van der Waals surface area contributed by atoms with Crippen LogP contribution in [0.1, 0.15) is 18.1 Å². The van der Waals surface area contributed by atoms with Gasteiger partial charge < -0.3 is 19.5 Å². The van der Waals surface area contributed by atoms with Gasteiger partial charge in [0.2, 0.25) is 15.9 Å². The fourth-order valence-corrected chi connectivity index (χ4v) is 4.71. The summed E-state index contributed by atoms with van der Waals surface area (Å²) in [7, 11) is 0.0507. The van der Waals surface area contributed by atoms with Crippen molar-refractivity contribution in [2.45, 2.75) is 24.3 Å². The van der Waals surface area contributed by atoms with Crippen LogP contribution < -0.4 is 24.2 Å². The first-order chi connectivity index (χ1) is 17.1. The van der Waals surface area contributed by atoms with Gasteiger partial charge in [-0.05, 0) is 42.8 Å². The largest absolute Gasteiger partial charge is 0.495 e. The molecule has 0 bridgehead atoms. The molecule has 36 heavy (non-hydrogen) atoms. The van der Waals surface area contributed by atoms with E-state index in [1.54, 1.807) is 18.2 Å². The van der Waals surface area contributed by atoms with E-state index in [-0.39, 0.29) is 34.1 Å². The van der Waals surface area contributed by atoms with Crippen molar-refractivity contribution in [1.82, 2.24) is 4.72 Å². The van der Waals surface area contributed by atoms with Crippen LogP contribution in [0.4, 0.5) is 14.5 Å². The molecule has 192 valence electrons. The molecule has 0 heterocycles. The molecule has 11 heteroatoms. The van der Waals surface area contributed by atoms with Gasteiger partial charge in [0.05, 0.1) is 38.0 Å². The molecule has 1 atom stereocenters. The Kier molecular flexibility index (Phi) is 8.49. The monoisotopic (exact) mass is 520 g/mol. The van der Waals surface area contributed by atoms with E-state index in [0.29, 0.717) is 11.3 Å². The first kappa shape index (κ1) is 26.9. The van der Waals surface area contributed by atoms with Gasteiger partial charge in [-0.1, -0.05) is 18.2 Å². The number of hydrogen-bond acceptors (Lipinski definition) is 6. The predicted molar refractivity (Wildman–Crippen MR) is 130 cm³/mol. The number of anilines is 1. The molecule has 0 radical (unpaired) electrons. The van der Waals surface area contributed by atoms with Crippen LogP contribution in [0, 0.1) is 11.6 Å². The van der Waals surface area contributed by atoms with Gasteiger partial charge in [0.1, 0.15) is 17.4 Å². The van der Waals surface area contributed by atoms with Crippen molar-refractivity contribution in [2.24, 2.45) is 0 Å². The van der Waals surface area contributed by atoms with Crippen molar-refractivity contribution >= 4 is 21.6 Å². The number of sulfonamides is 1. The lowest BCUT2D eigenvalue weighted by Crippen LogP contribution is -2.41. The lowest BCUT2D eigenvalue weighted by atomic mass is 10.0. The van der Waals surface area contributed by atoms with Gasteiger partial charge in [-0.25, -0.2) is 17.2 Å². The Morgan fingerprint density at radius 1 is 0.889 bits per heavy atom. The predicted octanol–water partition coefficient (Wildman–Crippen LogP) is 3.89. The first-order valence-corrected chi connectivity index (χ1v) is 12.2. The average Bonchev–Trinajstić information content (AvgIpc) is 2.86. The van der Waals surface area contributed by atoms with Crippen LogP contribution in [0.5, 0.6) is 17.2 Å². The Morgan fingerprint density at radius 3 is 2.11 bits per heavy atom. The summed E-state index contributed by atoms with van der Waals surface area (Å²) in [6.07, 6.45) is -0.170. The number of amides is 1. The highest BCUT2D eigenvalue weighted by molar-refractivity contribution is 7.89. The highest BCUT2D eigenvalue weighted by Crippen LogP contribution is 2.32. The fraction of sp³-hybridized carbons (Fsp3) is 0.240. The average molecular weight is 521 g/mol. The van der Waals surface area contributed by atoms with Crippen molar-refractivity contribution in [3.8, 4) is 17.2 Å². The number of halogens is 2. The third-order valence-corrected chi connectivity index (χ3v) is 6.94. The van der Waals surface area contributed by atoms with Crippen LogP contribution in [0.25, 0.3) is 0 Å². The van der Waals surface area contributed by atoms with E-state index in [0.717, 1.165) is 12.1 Å². The lowest BCUT2D eigenvalue weighted by molar-refractivity contribution is -0.117. The molecule has 3 aromatic rings. The number of carbonyl (C=O) groups is 1. The number of ether oxygens (including phenoxy) is 3. The summed E-state index contributed by atoms with van der Waals surface area (Å²) in [6.45, 7) is 1.36. The Morgan fingerprint density at radius 2 is 1.50 bits per heavy atom. The number of rotatable bonds is 10. The van der Waals surface area contributed by atoms with E-state index in [2.05, 4.69) is 10.0 Å². The zero-order chi connectivity index (χ0) is 26.5. The van der Waals surface area contributed by atoms with E-state index in [1.807, 2.05) is 0 Å². The second-order valence-corrected chi connectivity index (χ2v) is 9.43. The number of para-hydroxylation sites is 1. The van der Waals surface area contributed by atoms with Crippen LogP contribution in [0.15, 0.2) is 59.5 Å². The van der Waals surface area contributed by atoms with Gasteiger partial charge in [0.15, 0.2) is 11.5 Å². The highest BCUT2D eigenvalue weighted by atomic mass is 32.2. The number of hydrogen-bond donors (Lipinski definition) is 2. The summed E-state index contributed by atoms with van der Waals surface area (Å²) in [6, 6.07) is 11.1. The minimum Gasteiger partial charge on any atom is -0.495 e. The van der Waals surface area contributed by atoms with Gasteiger partial charge in [0.25, 0.3) is 0 Å². The topological polar surface area (TPSA) is 103 Å². The molecule has 0 saturated carbocycles. The maximum Gasteiger partial charge on any atom is 0.242 e. The Bertz CT molecular complexity index is 1340. The SMILES string of the molecule is COc1ccc(S(=O)(=O)N[C@@H](C)C(=O)Nc2c(Cc3c(F)cccc3F)cccc2OC)cc1OC. The molecule has 3 rings (SSSR count). The van der Waals surface area contributed by atoms with Gasteiger partial charge in [-0.15, -0.1) is 0 Å². The van der Waals surface area contributed by atoms with Crippen molar-refractivity contribution in [2.75, 3.05) is 26.6 Å². The summed E-state index contributed by atoms with van der Waals surface area (Å²) < 4.78 is 72.1. The zero-order valence-electron chi connectivity index (χ0n) is 20.1. The van der Waals surface area contributed by atoms with E-state index in [1.165, 1.54) is 52.5 Å². The molecule has 0 aliphatic rings. The molecule has 2 N–H and O–H groups in total. The summed E-state index contributed by atoms with van der Waals surface area (Å²) in [5.74, 6) is -1.38. The van der Waals surface area contributed by atoms with Crippen LogP contribution >= 0.6 is 0 Å². The first-order valence-electron chi connectivity index (χ1n) is 10.7. The summed E-state index contributed by atoms with van der Waals surface area (Å²) >= 11 is 0. The van der Waals surface area contributed by atoms with Crippen molar-refractivity contribution < 1.29 is 36.2 Å². The molecule has 0 aliphatic carbocycles. The third kappa shape index (κ3) is 5.92. The molecular weight excluding hydrogens is 494 g/mol. The minimum atomic E-state index is -4.12. The van der Waals surface area contributed by atoms with Crippen LogP contribution in [-0.4, -0.2) is 41.7 Å². The maximum absolute atomic E-state index is 14.2. The normalized spacial score (nSPS) is 12.1. The summed E-state index contributed by atoms with van der Waals surface area (Å²) in [5, 5.41) is 2.62. The van der Waals surface area contributed by atoms with Crippen molar-refractivity contribution in [3.63, 3.8) is 0 Å². The van der Waals surface area contributed by atoms with Crippen LogP contribution in [0.3, 0.4) is 0 Å². The number of benzene rings is 3. The lowest BCUT2D eigenvalue weighted by Gasteiger charge is -2.19. The molecular formula is C25H26F2N2O6S. The quantitative estimate of drug-likeness (QED) is 0.421. The second kappa shape index (κ2) is 11.4. The minimum absolute atomic E-state index is 0.132. The molecule has 0 unspecified atom stereocenters. The van der Waals surface area contributed by atoms with Gasteiger partial charge in [0, 0.05) is 18.1 Å². The third-order valence-electron chi connectivity index (χ3n) is 5.40. The molecule has 3 aromatic carbocycles. The summed E-state index contributed by atoms with van der Waals surface area (Å²) in [5.41, 5.74) is 0.370. The molecule has 0 saturated heterocycles. The van der Waals surface area contributed by atoms with Crippen LogP contribution in [-0.2, 0) is 21.2 Å². The van der Waals surface area contributed by atoms with Crippen LogP contribution in [0.2, 0.25) is 0 Å².